The van der Waals surface area contributed by atoms with E-state index < -0.39 is 0 Å². The van der Waals surface area contributed by atoms with Crippen LogP contribution in [0.4, 0.5) is 0 Å². The van der Waals surface area contributed by atoms with E-state index in [0.717, 1.165) is 43.6 Å². The van der Waals surface area contributed by atoms with Crippen molar-refractivity contribution in [1.82, 2.24) is 20.0 Å². The fourth-order valence-electron chi connectivity index (χ4n) is 3.20. The van der Waals surface area contributed by atoms with E-state index in [0.29, 0.717) is 6.54 Å². The highest BCUT2D eigenvalue weighted by Gasteiger charge is 2.26. The van der Waals surface area contributed by atoms with Crippen molar-refractivity contribution in [2.75, 3.05) is 19.6 Å². The molecule has 1 amide bonds. The summed E-state index contributed by atoms with van der Waals surface area (Å²) in [5, 5.41) is 7.74. The van der Waals surface area contributed by atoms with Gasteiger partial charge in [0.1, 0.15) is 6.04 Å². The topological polar surface area (TPSA) is 50.2 Å². The number of likely N-dealkylation sites (tertiary alicyclic amines) is 1. The summed E-state index contributed by atoms with van der Waals surface area (Å²) in [5.74, 6) is 0.192. The zero-order chi connectivity index (χ0) is 16.8. The van der Waals surface area contributed by atoms with Crippen LogP contribution in [0.5, 0.6) is 0 Å². The highest BCUT2D eigenvalue weighted by atomic mass is 16.2. The lowest BCUT2D eigenvalue weighted by Crippen LogP contribution is -2.44. The Hall–Kier alpha value is -2.14. The molecule has 0 aliphatic carbocycles. The molecule has 1 fully saturated rings. The molecule has 3 rings (SSSR count). The molecular formula is C19H26N4O. The first-order valence-electron chi connectivity index (χ1n) is 8.80. The van der Waals surface area contributed by atoms with Crippen molar-refractivity contribution in [2.24, 2.45) is 0 Å². The summed E-state index contributed by atoms with van der Waals surface area (Å²) >= 11 is 0. The molecule has 128 valence electrons. The molecule has 1 saturated heterocycles. The van der Waals surface area contributed by atoms with E-state index in [1.165, 1.54) is 6.42 Å². The van der Waals surface area contributed by atoms with Gasteiger partial charge in [0.25, 0.3) is 0 Å². The predicted molar refractivity (Wildman–Crippen MR) is 94.6 cm³/mol. The van der Waals surface area contributed by atoms with E-state index in [1.54, 1.807) is 0 Å². The quantitative estimate of drug-likeness (QED) is 0.887. The number of carbonyl (C=O) groups excluding carboxylic acids is 1. The lowest BCUT2D eigenvalue weighted by molar-refractivity contribution is -0.134. The van der Waals surface area contributed by atoms with E-state index in [9.17, 15) is 4.79 Å². The van der Waals surface area contributed by atoms with Crippen molar-refractivity contribution in [1.29, 1.82) is 0 Å². The lowest BCUT2D eigenvalue weighted by atomic mass is 10.0. The standard InChI is InChI=1S/C19H26N4O/c1-16-14-21-23(15-16)13-10-20-18(17-8-4-2-5-9-17)19(24)22-11-6-3-7-12-22/h2,4-5,8-9,14-15,18,20H,3,6-7,10-13H2,1H3/t18-/m0/s1. The van der Waals surface area contributed by atoms with Crippen LogP contribution in [0.3, 0.4) is 0 Å². The van der Waals surface area contributed by atoms with Crippen LogP contribution in [0.15, 0.2) is 42.7 Å². The number of hydrogen-bond acceptors (Lipinski definition) is 3. The van der Waals surface area contributed by atoms with E-state index in [1.807, 2.05) is 59.2 Å². The first-order valence-corrected chi connectivity index (χ1v) is 8.80. The molecule has 1 aliphatic heterocycles. The number of nitrogens with zero attached hydrogens (tertiary/aromatic N) is 3. The second-order valence-corrected chi connectivity index (χ2v) is 6.46. The monoisotopic (exact) mass is 326 g/mol. The summed E-state index contributed by atoms with van der Waals surface area (Å²) in [6, 6.07) is 9.74. The van der Waals surface area contributed by atoms with Crippen LogP contribution in [0.1, 0.15) is 36.4 Å². The molecule has 24 heavy (non-hydrogen) atoms. The third-order valence-corrected chi connectivity index (χ3v) is 4.50. The number of benzene rings is 1. The van der Waals surface area contributed by atoms with Gasteiger partial charge < -0.3 is 10.2 Å². The van der Waals surface area contributed by atoms with Crippen molar-refractivity contribution < 1.29 is 4.79 Å². The van der Waals surface area contributed by atoms with Gasteiger partial charge in [-0.05, 0) is 37.3 Å². The Bertz CT molecular complexity index is 646. The minimum absolute atomic E-state index is 0.192. The van der Waals surface area contributed by atoms with Crippen LogP contribution >= 0.6 is 0 Å². The molecule has 5 nitrogen and oxygen atoms in total. The van der Waals surface area contributed by atoms with Crippen molar-refractivity contribution in [3.05, 3.63) is 53.9 Å². The molecule has 0 bridgehead atoms. The van der Waals surface area contributed by atoms with Crippen LogP contribution < -0.4 is 5.32 Å². The second kappa shape index (κ2) is 8.11. The lowest BCUT2D eigenvalue weighted by Gasteiger charge is -2.31. The van der Waals surface area contributed by atoms with Gasteiger partial charge in [-0.3, -0.25) is 9.48 Å². The van der Waals surface area contributed by atoms with E-state index >= 15 is 0 Å². The summed E-state index contributed by atoms with van der Waals surface area (Å²) < 4.78 is 1.91. The third kappa shape index (κ3) is 4.23. The molecule has 0 unspecified atom stereocenters. The molecule has 0 saturated carbocycles. The molecule has 0 radical (unpaired) electrons. The summed E-state index contributed by atoms with van der Waals surface area (Å²) in [4.78, 5) is 15.0. The largest absolute Gasteiger partial charge is 0.341 e. The minimum atomic E-state index is -0.277. The molecule has 1 aromatic carbocycles. The van der Waals surface area contributed by atoms with Gasteiger partial charge in [-0.25, -0.2) is 0 Å². The Kier molecular flexibility index (Phi) is 5.64. The SMILES string of the molecule is Cc1cnn(CCN[C@H](C(=O)N2CCCCC2)c2ccccc2)c1. The molecule has 1 aromatic heterocycles. The zero-order valence-corrected chi connectivity index (χ0v) is 14.3. The van der Waals surface area contributed by atoms with Crippen molar-refractivity contribution in [3.8, 4) is 0 Å². The van der Waals surface area contributed by atoms with Crippen molar-refractivity contribution >= 4 is 5.91 Å². The Labute approximate surface area is 143 Å². The number of amides is 1. The van der Waals surface area contributed by atoms with Crippen molar-refractivity contribution in [3.63, 3.8) is 0 Å². The maximum Gasteiger partial charge on any atom is 0.244 e. The Morgan fingerprint density at radius 1 is 1.21 bits per heavy atom. The number of rotatable bonds is 6. The maximum atomic E-state index is 13.0. The third-order valence-electron chi connectivity index (χ3n) is 4.50. The van der Waals surface area contributed by atoms with Gasteiger partial charge in [0.15, 0.2) is 0 Å². The highest BCUT2D eigenvalue weighted by Crippen LogP contribution is 2.19. The number of nitrogens with one attached hydrogen (secondary N) is 1. The molecule has 1 atom stereocenters. The van der Waals surface area contributed by atoms with Gasteiger partial charge in [-0.2, -0.15) is 5.10 Å². The van der Waals surface area contributed by atoms with Crippen molar-refractivity contribution in [2.45, 2.75) is 38.8 Å². The van der Waals surface area contributed by atoms with Gasteiger partial charge >= 0.3 is 0 Å². The van der Waals surface area contributed by atoms with Crippen LogP contribution in [-0.4, -0.2) is 40.2 Å². The Morgan fingerprint density at radius 2 is 1.96 bits per heavy atom. The molecular weight excluding hydrogens is 300 g/mol. The van der Waals surface area contributed by atoms with Gasteiger partial charge in [-0.1, -0.05) is 30.3 Å². The predicted octanol–water partition coefficient (Wildman–Crippen LogP) is 2.53. The van der Waals surface area contributed by atoms with E-state index in [4.69, 9.17) is 0 Å². The van der Waals surface area contributed by atoms with Crippen LogP contribution in [-0.2, 0) is 11.3 Å². The first-order chi connectivity index (χ1) is 11.7. The molecule has 2 heterocycles. The average Bonchev–Trinajstić information content (AvgIpc) is 3.05. The fourth-order valence-corrected chi connectivity index (χ4v) is 3.20. The second-order valence-electron chi connectivity index (χ2n) is 6.46. The fraction of sp³-hybridized carbons (Fsp3) is 0.474. The zero-order valence-electron chi connectivity index (χ0n) is 14.3. The Morgan fingerprint density at radius 3 is 2.62 bits per heavy atom. The summed E-state index contributed by atoms with van der Waals surface area (Å²) in [6.07, 6.45) is 7.32. The number of hydrogen-bond donors (Lipinski definition) is 1. The molecule has 1 aliphatic rings. The molecule has 5 heteroatoms. The maximum absolute atomic E-state index is 13.0. The smallest absolute Gasteiger partial charge is 0.244 e. The normalized spacial score (nSPS) is 16.1. The van der Waals surface area contributed by atoms with Crippen LogP contribution in [0.25, 0.3) is 0 Å². The van der Waals surface area contributed by atoms with Gasteiger partial charge in [0, 0.05) is 25.8 Å². The van der Waals surface area contributed by atoms with Gasteiger partial charge in [-0.15, -0.1) is 0 Å². The van der Waals surface area contributed by atoms with Crippen LogP contribution in [0.2, 0.25) is 0 Å². The number of aryl methyl sites for hydroxylation is 1. The summed E-state index contributed by atoms with van der Waals surface area (Å²) in [5.41, 5.74) is 2.18. The van der Waals surface area contributed by atoms with Gasteiger partial charge in [0.2, 0.25) is 5.91 Å². The minimum Gasteiger partial charge on any atom is -0.341 e. The number of carbonyl (C=O) groups is 1. The molecule has 1 N–H and O–H groups in total. The van der Waals surface area contributed by atoms with E-state index in [-0.39, 0.29) is 11.9 Å². The first kappa shape index (κ1) is 16.7. The number of piperidine rings is 1. The number of aromatic nitrogens is 2. The summed E-state index contributed by atoms with van der Waals surface area (Å²) in [6.45, 7) is 5.25. The van der Waals surface area contributed by atoms with Gasteiger partial charge in [0.05, 0.1) is 12.7 Å². The molecule has 2 aromatic rings. The average molecular weight is 326 g/mol. The molecule has 0 spiro atoms. The Balaban J connectivity index is 1.66. The highest BCUT2D eigenvalue weighted by molar-refractivity contribution is 5.83. The summed E-state index contributed by atoms with van der Waals surface area (Å²) in [7, 11) is 0. The van der Waals surface area contributed by atoms with Crippen LogP contribution in [0, 0.1) is 6.92 Å². The van der Waals surface area contributed by atoms with E-state index in [2.05, 4.69) is 10.4 Å².